The maximum atomic E-state index is 13.4. The Bertz CT molecular complexity index is 1050. The molecular formula is C32H48O4. The molecule has 4 fully saturated rings. The number of ether oxygens (including phenoxy) is 1. The first-order chi connectivity index (χ1) is 16.6. The van der Waals surface area contributed by atoms with Gasteiger partial charge in [-0.25, -0.2) is 0 Å². The van der Waals surface area contributed by atoms with Crippen LogP contribution in [0.25, 0.3) is 0 Å². The summed E-state index contributed by atoms with van der Waals surface area (Å²) >= 11 is 0. The van der Waals surface area contributed by atoms with Crippen LogP contribution in [0.2, 0.25) is 0 Å². The summed E-state index contributed by atoms with van der Waals surface area (Å²) in [6.07, 6.45) is 12.4. The second-order valence-corrected chi connectivity index (χ2v) is 15.2. The van der Waals surface area contributed by atoms with Gasteiger partial charge in [0.15, 0.2) is 5.78 Å². The zero-order chi connectivity index (χ0) is 26.5. The van der Waals surface area contributed by atoms with Gasteiger partial charge in [0.1, 0.15) is 0 Å². The average molecular weight is 497 g/mol. The molecule has 0 aliphatic heterocycles. The molecule has 5 rings (SSSR count). The summed E-state index contributed by atoms with van der Waals surface area (Å²) in [6.45, 7) is 16.4. The fourth-order valence-electron chi connectivity index (χ4n) is 10.8. The molecule has 7 atom stereocenters. The Morgan fingerprint density at radius 2 is 1.67 bits per heavy atom. The van der Waals surface area contributed by atoms with E-state index >= 15 is 0 Å². The summed E-state index contributed by atoms with van der Waals surface area (Å²) in [7, 11) is 1.56. The molecule has 36 heavy (non-hydrogen) atoms. The number of carbonyl (C=O) groups is 2. The van der Waals surface area contributed by atoms with Gasteiger partial charge in [0, 0.05) is 11.0 Å². The van der Waals surface area contributed by atoms with Crippen molar-refractivity contribution in [2.45, 2.75) is 106 Å². The molecule has 0 unspecified atom stereocenters. The topological polar surface area (TPSA) is 63.6 Å². The predicted octanol–water partition coefficient (Wildman–Crippen LogP) is 7.58. The van der Waals surface area contributed by atoms with E-state index in [2.05, 4.69) is 54.5 Å². The number of aliphatic hydroxyl groups excluding tert-OH is 1. The van der Waals surface area contributed by atoms with E-state index in [-0.39, 0.29) is 44.7 Å². The van der Waals surface area contributed by atoms with Crippen LogP contribution in [0.15, 0.2) is 23.5 Å². The Morgan fingerprint density at radius 3 is 2.31 bits per heavy atom. The van der Waals surface area contributed by atoms with Gasteiger partial charge in [-0.15, -0.1) is 0 Å². The lowest BCUT2D eigenvalue weighted by Crippen LogP contribution is -2.65. The fourth-order valence-corrected chi connectivity index (χ4v) is 10.8. The molecule has 5 aliphatic carbocycles. The number of esters is 1. The lowest BCUT2D eigenvalue weighted by Gasteiger charge is -2.70. The molecule has 0 saturated heterocycles. The molecule has 0 heterocycles. The number of ketones is 1. The minimum atomic E-state index is -0.464. The van der Waals surface area contributed by atoms with Gasteiger partial charge >= 0.3 is 5.97 Å². The smallest absolute Gasteiger partial charge is 0.312 e. The molecule has 0 aromatic heterocycles. The molecule has 5 aliphatic rings. The van der Waals surface area contributed by atoms with Crippen molar-refractivity contribution in [1.82, 2.24) is 0 Å². The van der Waals surface area contributed by atoms with E-state index in [0.717, 1.165) is 57.6 Å². The van der Waals surface area contributed by atoms with Crippen LogP contribution >= 0.6 is 0 Å². The number of hydrogen-bond acceptors (Lipinski definition) is 4. The lowest BCUT2D eigenvalue weighted by atomic mass is 9.33. The van der Waals surface area contributed by atoms with Gasteiger partial charge in [-0.3, -0.25) is 9.59 Å². The molecule has 1 N–H and O–H groups in total. The number of carbonyl (C=O) groups excluding carboxylic acids is 2. The van der Waals surface area contributed by atoms with Gasteiger partial charge in [0.2, 0.25) is 0 Å². The van der Waals surface area contributed by atoms with Crippen LogP contribution in [-0.2, 0) is 14.3 Å². The Labute approximate surface area is 218 Å². The van der Waals surface area contributed by atoms with E-state index in [0.29, 0.717) is 23.8 Å². The average Bonchev–Trinajstić information content (AvgIpc) is 2.81. The number of Topliss-reactive ketones (excluding diaryl/α,β-unsaturated/α-hetero) is 1. The van der Waals surface area contributed by atoms with Crippen LogP contribution < -0.4 is 0 Å². The molecule has 4 heteroatoms. The Morgan fingerprint density at radius 1 is 1.00 bits per heavy atom. The van der Waals surface area contributed by atoms with Gasteiger partial charge in [0.25, 0.3) is 0 Å². The predicted molar refractivity (Wildman–Crippen MR) is 142 cm³/mol. The molecule has 200 valence electrons. The quantitative estimate of drug-likeness (QED) is 0.176. The molecule has 4 saturated carbocycles. The van der Waals surface area contributed by atoms with Crippen molar-refractivity contribution in [2.24, 2.45) is 50.2 Å². The van der Waals surface area contributed by atoms with E-state index in [1.165, 1.54) is 5.57 Å². The summed E-state index contributed by atoms with van der Waals surface area (Å²) in [4.78, 5) is 26.6. The van der Waals surface area contributed by atoms with Crippen LogP contribution in [-0.4, -0.2) is 24.0 Å². The van der Waals surface area contributed by atoms with Crippen LogP contribution in [0.4, 0.5) is 0 Å². The third-order valence-electron chi connectivity index (χ3n) is 13.0. The molecule has 0 aromatic rings. The number of fused-ring (bicyclic) bond motifs is 7. The maximum absolute atomic E-state index is 13.4. The van der Waals surface area contributed by atoms with Gasteiger partial charge < -0.3 is 9.84 Å². The number of hydrogen-bond donors (Lipinski definition) is 1. The van der Waals surface area contributed by atoms with E-state index in [1.807, 2.05) is 0 Å². The van der Waals surface area contributed by atoms with Crippen molar-refractivity contribution >= 4 is 11.8 Å². The molecule has 0 amide bonds. The van der Waals surface area contributed by atoms with Crippen molar-refractivity contribution in [1.29, 1.82) is 0 Å². The summed E-state index contributed by atoms with van der Waals surface area (Å²) in [5.41, 5.74) is 1.56. The van der Waals surface area contributed by atoms with Crippen LogP contribution in [0.1, 0.15) is 106 Å². The van der Waals surface area contributed by atoms with E-state index < -0.39 is 5.41 Å². The summed E-state index contributed by atoms with van der Waals surface area (Å²) in [5, 5.41) is 10.0. The summed E-state index contributed by atoms with van der Waals surface area (Å²) in [5.74, 6) is 1.11. The number of allylic oxidation sites excluding steroid dienone is 3. The summed E-state index contributed by atoms with van der Waals surface area (Å²) in [6, 6.07) is 0. The third kappa shape index (κ3) is 3.05. The minimum Gasteiger partial charge on any atom is -0.515 e. The van der Waals surface area contributed by atoms with Crippen molar-refractivity contribution in [3.63, 3.8) is 0 Å². The Kier molecular flexibility index (Phi) is 5.59. The van der Waals surface area contributed by atoms with Crippen molar-refractivity contribution in [2.75, 3.05) is 7.11 Å². The highest BCUT2D eigenvalue weighted by atomic mass is 16.5. The number of rotatable bonds is 1. The highest BCUT2D eigenvalue weighted by Crippen LogP contribution is 2.75. The molecule has 0 spiro atoms. The lowest BCUT2D eigenvalue weighted by molar-refractivity contribution is -0.185. The zero-order valence-corrected chi connectivity index (χ0v) is 23.9. The molecular weight excluding hydrogens is 448 g/mol. The maximum Gasteiger partial charge on any atom is 0.312 e. The SMILES string of the molecule is COC(=O)[C@]12CCC(C)(C)C[C@H]1C1=CC[C@@H]3[C@@]4(C)C/C(=C/O)C(=O)C(C)(C)[C@@H]4CC[C@@]3(C)[C@]1(C)CC2. The van der Waals surface area contributed by atoms with Gasteiger partial charge in [-0.1, -0.05) is 60.1 Å². The van der Waals surface area contributed by atoms with E-state index in [4.69, 9.17) is 4.74 Å². The van der Waals surface area contributed by atoms with Crippen molar-refractivity contribution < 1.29 is 19.4 Å². The summed E-state index contributed by atoms with van der Waals surface area (Å²) < 4.78 is 5.48. The first kappa shape index (κ1) is 26.0. The highest BCUT2D eigenvalue weighted by molar-refractivity contribution is 6.00. The highest BCUT2D eigenvalue weighted by Gasteiger charge is 2.69. The Hall–Kier alpha value is -1.58. The van der Waals surface area contributed by atoms with Crippen molar-refractivity contribution in [3.8, 4) is 0 Å². The fraction of sp³-hybridized carbons (Fsp3) is 0.812. The molecule has 0 aromatic carbocycles. The third-order valence-corrected chi connectivity index (χ3v) is 13.0. The minimum absolute atomic E-state index is 0.000774. The largest absolute Gasteiger partial charge is 0.515 e. The van der Waals surface area contributed by atoms with Crippen LogP contribution in [0.5, 0.6) is 0 Å². The van der Waals surface area contributed by atoms with Crippen LogP contribution in [0, 0.1) is 50.2 Å². The van der Waals surface area contributed by atoms with Gasteiger partial charge in [-0.05, 0) is 97.2 Å². The Balaban J connectivity index is 1.62. The van der Waals surface area contributed by atoms with E-state index in [9.17, 15) is 14.7 Å². The molecule has 0 bridgehead atoms. The zero-order valence-electron chi connectivity index (χ0n) is 23.9. The normalized spacial score (nSPS) is 48.1. The monoisotopic (exact) mass is 496 g/mol. The first-order valence-corrected chi connectivity index (χ1v) is 14.3. The standard InChI is InChI=1S/C32H48O4/c1-27(2)13-15-32(26(35)36-8)16-14-30(6)21(22(32)18-27)9-10-24-29(5)17-20(19-33)25(34)28(3,4)23(29)11-12-31(24,30)7/h9,19,22-24,33H,10-18H2,1-8H3/b20-19-/t22-,23-,24+,29-,30+,31+,32-/m0/s1. The second kappa shape index (κ2) is 7.73. The molecule has 0 radical (unpaired) electrons. The van der Waals surface area contributed by atoms with Crippen LogP contribution in [0.3, 0.4) is 0 Å². The van der Waals surface area contributed by atoms with E-state index in [1.54, 1.807) is 7.11 Å². The second-order valence-electron chi connectivity index (χ2n) is 15.2. The van der Waals surface area contributed by atoms with Gasteiger partial charge in [-0.2, -0.15) is 0 Å². The first-order valence-electron chi connectivity index (χ1n) is 14.3. The van der Waals surface area contributed by atoms with Gasteiger partial charge in [0.05, 0.1) is 18.8 Å². The van der Waals surface area contributed by atoms with Crippen molar-refractivity contribution in [3.05, 3.63) is 23.5 Å². The number of methoxy groups -OCH3 is 1. The number of aliphatic hydroxyl groups is 1. The molecule has 4 nitrogen and oxygen atoms in total.